The van der Waals surface area contributed by atoms with Crippen molar-refractivity contribution in [1.82, 2.24) is 4.57 Å². The maximum absolute atomic E-state index is 13.1. The van der Waals surface area contributed by atoms with Gasteiger partial charge in [-0.1, -0.05) is 30.3 Å². The Labute approximate surface area is 175 Å². The van der Waals surface area contributed by atoms with E-state index in [2.05, 4.69) is 0 Å². The number of methoxy groups -OCH3 is 1. The highest BCUT2D eigenvalue weighted by Crippen LogP contribution is 2.40. The van der Waals surface area contributed by atoms with E-state index in [0.717, 1.165) is 39.8 Å². The number of carbonyl (C=O) groups is 2. The Morgan fingerprint density at radius 2 is 1.80 bits per heavy atom. The largest absolute Gasteiger partial charge is 0.497 e. The van der Waals surface area contributed by atoms with Crippen LogP contribution in [-0.2, 0) is 16.0 Å². The lowest BCUT2D eigenvalue weighted by Crippen LogP contribution is -2.29. The van der Waals surface area contributed by atoms with E-state index in [1.165, 1.54) is 0 Å². The van der Waals surface area contributed by atoms with E-state index in [4.69, 9.17) is 9.47 Å². The van der Waals surface area contributed by atoms with Gasteiger partial charge in [0.1, 0.15) is 17.6 Å². The van der Waals surface area contributed by atoms with Gasteiger partial charge in [-0.25, -0.2) is 9.36 Å². The molecule has 0 spiro atoms. The summed E-state index contributed by atoms with van der Waals surface area (Å²) in [7, 11) is 1.62. The Balaban J connectivity index is 1.87. The number of allylic oxidation sites excluding steroid dienone is 1. The number of aldehydes is 1. The van der Waals surface area contributed by atoms with E-state index < -0.39 is 11.7 Å². The van der Waals surface area contributed by atoms with Crippen molar-refractivity contribution in [3.63, 3.8) is 0 Å². The molecule has 0 unspecified atom stereocenters. The number of nitrogens with zero attached hydrogens (tertiary/aromatic N) is 1. The van der Waals surface area contributed by atoms with Crippen LogP contribution < -0.4 is 4.74 Å². The molecule has 1 aliphatic carbocycles. The molecule has 154 valence electrons. The summed E-state index contributed by atoms with van der Waals surface area (Å²) in [6.45, 7) is 5.56. The van der Waals surface area contributed by atoms with Crippen LogP contribution in [-0.4, -0.2) is 29.7 Å². The second-order valence-corrected chi connectivity index (χ2v) is 8.49. The highest BCUT2D eigenvalue weighted by molar-refractivity contribution is 6.01. The fraction of sp³-hybridized carbons (Fsp3) is 0.280. The molecule has 3 aromatic rings. The molecule has 0 aliphatic heterocycles. The summed E-state index contributed by atoms with van der Waals surface area (Å²) in [5.74, 6) is 0.612. The van der Waals surface area contributed by atoms with Gasteiger partial charge in [0, 0.05) is 28.1 Å². The molecule has 1 aromatic heterocycles. The van der Waals surface area contributed by atoms with Gasteiger partial charge in [0.2, 0.25) is 0 Å². The fourth-order valence-corrected chi connectivity index (χ4v) is 4.04. The molecule has 0 bridgehead atoms. The fourth-order valence-electron chi connectivity index (χ4n) is 4.04. The number of benzene rings is 2. The summed E-state index contributed by atoms with van der Waals surface area (Å²) in [5, 5.41) is 0.936. The molecule has 30 heavy (non-hydrogen) atoms. The van der Waals surface area contributed by atoms with Crippen molar-refractivity contribution in [3.8, 4) is 5.75 Å². The van der Waals surface area contributed by atoms with Gasteiger partial charge in [0.05, 0.1) is 12.6 Å². The molecule has 1 heterocycles. The lowest BCUT2D eigenvalue weighted by molar-refractivity contribution is -0.105. The molecule has 0 amide bonds. The molecule has 5 nitrogen and oxygen atoms in total. The number of hydrogen-bond donors (Lipinski definition) is 0. The quantitative estimate of drug-likeness (QED) is 0.553. The summed E-state index contributed by atoms with van der Waals surface area (Å²) in [6.07, 6.45) is 2.94. The Bertz CT molecular complexity index is 1150. The number of hydrogen-bond acceptors (Lipinski definition) is 4. The molecule has 2 aromatic carbocycles. The zero-order valence-electron chi connectivity index (χ0n) is 17.6. The van der Waals surface area contributed by atoms with Gasteiger partial charge < -0.3 is 9.47 Å². The lowest BCUT2D eigenvalue weighted by atomic mass is 9.82. The first kappa shape index (κ1) is 20.0. The Hall–Kier alpha value is -3.34. The number of para-hydroxylation sites is 1. The van der Waals surface area contributed by atoms with Gasteiger partial charge in [-0.2, -0.15) is 0 Å². The van der Waals surface area contributed by atoms with Gasteiger partial charge in [-0.15, -0.1) is 0 Å². The van der Waals surface area contributed by atoms with Gasteiger partial charge in [-0.3, -0.25) is 4.79 Å². The predicted molar refractivity (Wildman–Crippen MR) is 117 cm³/mol. The van der Waals surface area contributed by atoms with E-state index in [1.807, 2.05) is 75.4 Å². The van der Waals surface area contributed by atoms with Gasteiger partial charge in [-0.05, 0) is 57.0 Å². The van der Waals surface area contributed by atoms with Crippen molar-refractivity contribution in [3.05, 3.63) is 70.9 Å². The van der Waals surface area contributed by atoms with Crippen LogP contribution in [0.2, 0.25) is 0 Å². The summed E-state index contributed by atoms with van der Waals surface area (Å²) < 4.78 is 12.6. The van der Waals surface area contributed by atoms with Crippen LogP contribution in [0.15, 0.2) is 54.1 Å². The molecule has 1 aliphatic rings. The van der Waals surface area contributed by atoms with Crippen molar-refractivity contribution >= 4 is 29.4 Å². The van der Waals surface area contributed by atoms with Crippen molar-refractivity contribution in [2.75, 3.05) is 7.11 Å². The van der Waals surface area contributed by atoms with Crippen LogP contribution in [0, 0.1) is 0 Å². The zero-order valence-corrected chi connectivity index (χ0v) is 17.6. The minimum Gasteiger partial charge on any atom is -0.497 e. The maximum atomic E-state index is 13.1. The number of fused-ring (bicyclic) bond motifs is 3. The normalized spacial score (nSPS) is 16.0. The van der Waals surface area contributed by atoms with Crippen molar-refractivity contribution in [2.24, 2.45) is 0 Å². The van der Waals surface area contributed by atoms with E-state index in [9.17, 15) is 9.59 Å². The number of aromatic nitrogens is 1. The third kappa shape index (κ3) is 3.52. The van der Waals surface area contributed by atoms with E-state index in [-0.39, 0.29) is 5.92 Å². The molecule has 5 heteroatoms. The lowest BCUT2D eigenvalue weighted by Gasteiger charge is -2.25. The molecule has 0 radical (unpaired) electrons. The van der Waals surface area contributed by atoms with Crippen molar-refractivity contribution in [2.45, 2.75) is 38.7 Å². The smallest absolute Gasteiger partial charge is 0.419 e. The first-order valence-corrected chi connectivity index (χ1v) is 9.99. The SMILES string of the molecule is COc1ccc([C@H]2Cc3c(c4ccccc4n3C(=O)OC(C)(C)C)C=C2C=O)cc1. The highest BCUT2D eigenvalue weighted by Gasteiger charge is 2.31. The number of carbonyl (C=O) groups excluding carboxylic acids is 2. The third-order valence-electron chi connectivity index (χ3n) is 5.36. The summed E-state index contributed by atoms with van der Waals surface area (Å²) in [5.41, 5.74) is 3.64. The highest BCUT2D eigenvalue weighted by atomic mass is 16.6. The summed E-state index contributed by atoms with van der Waals surface area (Å²) in [6, 6.07) is 15.4. The van der Waals surface area contributed by atoms with Crippen LogP contribution in [0.25, 0.3) is 17.0 Å². The first-order valence-electron chi connectivity index (χ1n) is 9.99. The molecule has 0 fully saturated rings. The minimum atomic E-state index is -0.608. The monoisotopic (exact) mass is 403 g/mol. The average molecular weight is 403 g/mol. The average Bonchev–Trinajstić information content (AvgIpc) is 3.05. The molecular formula is C25H25NO4. The zero-order chi connectivity index (χ0) is 21.5. The number of ether oxygens (including phenoxy) is 2. The van der Waals surface area contributed by atoms with Crippen molar-refractivity contribution < 1.29 is 19.1 Å². The minimum absolute atomic E-state index is 0.147. The standard InChI is InChI=1S/C25H25NO4/c1-25(2,3)30-24(28)26-22-8-6-5-7-19(22)21-13-17(15-27)20(14-23(21)26)16-9-11-18(29-4)12-10-16/h5-13,15,20H,14H2,1-4H3/t20-/m1/s1. The van der Waals surface area contributed by atoms with E-state index >= 15 is 0 Å². The predicted octanol–water partition coefficient (Wildman–Crippen LogP) is 5.36. The van der Waals surface area contributed by atoms with E-state index in [1.54, 1.807) is 11.7 Å². The Morgan fingerprint density at radius 3 is 2.43 bits per heavy atom. The molecule has 0 saturated heterocycles. The Morgan fingerprint density at radius 1 is 1.10 bits per heavy atom. The van der Waals surface area contributed by atoms with Crippen LogP contribution in [0.3, 0.4) is 0 Å². The molecule has 1 atom stereocenters. The van der Waals surface area contributed by atoms with Crippen LogP contribution in [0.4, 0.5) is 4.79 Å². The van der Waals surface area contributed by atoms with Crippen LogP contribution >= 0.6 is 0 Å². The first-order chi connectivity index (χ1) is 14.3. The topological polar surface area (TPSA) is 57.5 Å². The molecule has 0 N–H and O–H groups in total. The maximum Gasteiger partial charge on any atom is 0.419 e. The van der Waals surface area contributed by atoms with E-state index in [0.29, 0.717) is 12.0 Å². The Kier molecular flexibility index (Phi) is 4.98. The van der Waals surface area contributed by atoms with Crippen molar-refractivity contribution in [1.29, 1.82) is 0 Å². The second-order valence-electron chi connectivity index (χ2n) is 8.49. The molecule has 0 saturated carbocycles. The summed E-state index contributed by atoms with van der Waals surface area (Å²) in [4.78, 5) is 25.1. The summed E-state index contributed by atoms with van der Waals surface area (Å²) >= 11 is 0. The molecular weight excluding hydrogens is 378 g/mol. The van der Waals surface area contributed by atoms with Crippen LogP contribution in [0.5, 0.6) is 5.75 Å². The molecule has 4 rings (SSSR count). The number of rotatable bonds is 3. The van der Waals surface area contributed by atoms with Gasteiger partial charge in [0.15, 0.2) is 0 Å². The van der Waals surface area contributed by atoms with Gasteiger partial charge >= 0.3 is 6.09 Å². The second kappa shape index (κ2) is 7.48. The van der Waals surface area contributed by atoms with Crippen LogP contribution in [0.1, 0.15) is 43.5 Å². The van der Waals surface area contributed by atoms with Gasteiger partial charge in [0.25, 0.3) is 0 Å². The third-order valence-corrected chi connectivity index (χ3v) is 5.36.